The van der Waals surface area contributed by atoms with Gasteiger partial charge in [0.15, 0.2) is 0 Å². The molecular formula is C31H29N3O3. The molecule has 3 heterocycles. The van der Waals surface area contributed by atoms with E-state index in [0.29, 0.717) is 19.4 Å². The fraction of sp³-hybridized carbons (Fsp3) is 0.290. The Morgan fingerprint density at radius 1 is 0.892 bits per heavy atom. The van der Waals surface area contributed by atoms with E-state index in [0.717, 1.165) is 24.1 Å². The number of fused-ring (bicyclic) bond motifs is 5. The van der Waals surface area contributed by atoms with Crippen molar-refractivity contribution in [3.63, 3.8) is 0 Å². The summed E-state index contributed by atoms with van der Waals surface area (Å²) in [4.78, 5) is 15.3. The Bertz CT molecular complexity index is 1390. The van der Waals surface area contributed by atoms with E-state index in [1.807, 2.05) is 53.6 Å². The van der Waals surface area contributed by atoms with Crippen molar-refractivity contribution in [2.75, 3.05) is 6.61 Å². The number of benzene rings is 3. The average molecular weight is 492 g/mol. The zero-order chi connectivity index (χ0) is 25.0. The van der Waals surface area contributed by atoms with E-state index in [4.69, 9.17) is 4.74 Å². The highest BCUT2D eigenvalue weighted by molar-refractivity contribution is 5.79. The number of aliphatic hydroxyl groups is 1. The van der Waals surface area contributed by atoms with Crippen LogP contribution in [0.3, 0.4) is 0 Å². The van der Waals surface area contributed by atoms with Crippen molar-refractivity contribution < 1.29 is 14.6 Å². The van der Waals surface area contributed by atoms with E-state index >= 15 is 0 Å². The summed E-state index contributed by atoms with van der Waals surface area (Å²) in [5.74, 6) is 0.0454. The number of carbonyl (C=O) groups is 1. The highest BCUT2D eigenvalue weighted by Gasteiger charge is 2.50. The van der Waals surface area contributed by atoms with Crippen molar-refractivity contribution in [3.8, 4) is 16.8 Å². The standard InChI is InChI=1S/C31H29N3O3/c35-30(37-20-29-27-8-3-1-6-25(27)26-7-2-4-9-28(26)29)34-23-14-15-24(34)19-31(36,18-23)21-10-12-22(13-11-21)33-17-5-16-32-33/h1-13,16-17,23-24,29,36H,14-15,18-20H2. The smallest absolute Gasteiger partial charge is 0.410 e. The van der Waals surface area contributed by atoms with Crippen molar-refractivity contribution in [2.45, 2.75) is 49.3 Å². The Morgan fingerprint density at radius 3 is 2.11 bits per heavy atom. The SMILES string of the molecule is O=C(OCC1c2ccccc2-c2ccccc21)N1C2CCC1CC(O)(c1ccc(-n3cccn3)cc1)C2. The molecule has 37 heavy (non-hydrogen) atoms. The van der Waals surface area contributed by atoms with Gasteiger partial charge in [0.1, 0.15) is 6.61 Å². The molecule has 6 nitrogen and oxygen atoms in total. The Hall–Kier alpha value is -3.90. The van der Waals surface area contributed by atoms with E-state index in [-0.39, 0.29) is 24.1 Å². The molecule has 2 aliphatic heterocycles. The van der Waals surface area contributed by atoms with Gasteiger partial charge in [0.25, 0.3) is 0 Å². The first-order chi connectivity index (χ1) is 18.1. The lowest BCUT2D eigenvalue weighted by molar-refractivity contribution is -0.0531. The van der Waals surface area contributed by atoms with E-state index in [1.54, 1.807) is 10.9 Å². The third-order valence-electron chi connectivity index (χ3n) is 8.49. The molecule has 3 aliphatic rings. The maximum absolute atomic E-state index is 13.4. The maximum atomic E-state index is 13.4. The second-order valence-electron chi connectivity index (χ2n) is 10.5. The number of ether oxygens (including phenoxy) is 1. The highest BCUT2D eigenvalue weighted by Crippen LogP contribution is 2.47. The molecule has 6 heteroatoms. The molecule has 1 amide bonds. The fourth-order valence-electron chi connectivity index (χ4n) is 6.77. The van der Waals surface area contributed by atoms with Gasteiger partial charge >= 0.3 is 6.09 Å². The van der Waals surface area contributed by atoms with E-state index < -0.39 is 5.60 Å². The molecule has 2 unspecified atom stereocenters. The number of rotatable bonds is 4. The predicted molar refractivity (Wildman–Crippen MR) is 140 cm³/mol. The van der Waals surface area contributed by atoms with Gasteiger partial charge in [-0.15, -0.1) is 0 Å². The second kappa shape index (κ2) is 8.60. The second-order valence-corrected chi connectivity index (χ2v) is 10.5. The molecule has 0 spiro atoms. The van der Waals surface area contributed by atoms with Gasteiger partial charge in [0, 0.05) is 43.2 Å². The Balaban J connectivity index is 1.06. The first-order valence-electron chi connectivity index (χ1n) is 13.1. The minimum atomic E-state index is -0.950. The summed E-state index contributed by atoms with van der Waals surface area (Å²) in [6, 6.07) is 26.6. The molecule has 186 valence electrons. The molecule has 2 bridgehead atoms. The van der Waals surface area contributed by atoms with Crippen LogP contribution in [0, 0.1) is 0 Å². The molecular weight excluding hydrogens is 462 g/mol. The summed E-state index contributed by atoms with van der Waals surface area (Å²) in [6.07, 6.45) is 6.22. The maximum Gasteiger partial charge on any atom is 0.410 e. The first-order valence-corrected chi connectivity index (χ1v) is 13.1. The van der Waals surface area contributed by atoms with Gasteiger partial charge in [0.05, 0.1) is 11.3 Å². The van der Waals surface area contributed by atoms with Gasteiger partial charge in [-0.25, -0.2) is 9.48 Å². The van der Waals surface area contributed by atoms with Crippen molar-refractivity contribution in [3.05, 3.63) is 108 Å². The third-order valence-corrected chi connectivity index (χ3v) is 8.49. The summed E-state index contributed by atoms with van der Waals surface area (Å²) < 4.78 is 7.79. The summed E-state index contributed by atoms with van der Waals surface area (Å²) in [6.45, 7) is 0.321. The fourth-order valence-corrected chi connectivity index (χ4v) is 6.77. The Kier molecular flexibility index (Phi) is 5.18. The van der Waals surface area contributed by atoms with Crippen LogP contribution in [0.4, 0.5) is 4.79 Å². The summed E-state index contributed by atoms with van der Waals surface area (Å²) in [7, 11) is 0. The van der Waals surface area contributed by atoms with Crippen LogP contribution >= 0.6 is 0 Å². The highest BCUT2D eigenvalue weighted by atomic mass is 16.6. The van der Waals surface area contributed by atoms with Crippen LogP contribution < -0.4 is 0 Å². The Labute approximate surface area is 216 Å². The summed E-state index contributed by atoms with van der Waals surface area (Å²) in [5.41, 5.74) is 5.77. The van der Waals surface area contributed by atoms with Gasteiger partial charge in [-0.3, -0.25) is 0 Å². The molecule has 0 radical (unpaired) electrons. The quantitative estimate of drug-likeness (QED) is 0.401. The number of hydrogen-bond donors (Lipinski definition) is 1. The van der Waals surface area contributed by atoms with E-state index in [9.17, 15) is 9.90 Å². The monoisotopic (exact) mass is 491 g/mol. The van der Waals surface area contributed by atoms with Crippen LogP contribution in [0.1, 0.15) is 48.3 Å². The lowest BCUT2D eigenvalue weighted by Crippen LogP contribution is -2.52. The van der Waals surface area contributed by atoms with Crippen LogP contribution in [-0.2, 0) is 10.3 Å². The summed E-state index contributed by atoms with van der Waals surface area (Å²) >= 11 is 0. The van der Waals surface area contributed by atoms with Crippen molar-refractivity contribution >= 4 is 6.09 Å². The molecule has 2 fully saturated rings. The zero-order valence-corrected chi connectivity index (χ0v) is 20.5. The molecule has 4 aromatic rings. The predicted octanol–water partition coefficient (Wildman–Crippen LogP) is 5.64. The normalized spacial score (nSPS) is 24.1. The molecule has 3 aromatic carbocycles. The number of aromatic nitrogens is 2. The number of nitrogens with zero attached hydrogens (tertiary/aromatic N) is 3. The van der Waals surface area contributed by atoms with Gasteiger partial charge < -0.3 is 14.7 Å². The number of carbonyl (C=O) groups excluding carboxylic acids is 1. The van der Waals surface area contributed by atoms with E-state index in [1.165, 1.54) is 22.3 Å². The Morgan fingerprint density at radius 2 is 1.51 bits per heavy atom. The van der Waals surface area contributed by atoms with Gasteiger partial charge in [-0.1, -0.05) is 60.7 Å². The van der Waals surface area contributed by atoms with Gasteiger partial charge in [0.2, 0.25) is 0 Å². The number of hydrogen-bond acceptors (Lipinski definition) is 4. The van der Waals surface area contributed by atoms with Crippen molar-refractivity contribution in [2.24, 2.45) is 0 Å². The zero-order valence-electron chi connectivity index (χ0n) is 20.5. The van der Waals surface area contributed by atoms with Crippen molar-refractivity contribution in [1.29, 1.82) is 0 Å². The molecule has 2 saturated heterocycles. The van der Waals surface area contributed by atoms with Crippen LogP contribution in [0.25, 0.3) is 16.8 Å². The summed E-state index contributed by atoms with van der Waals surface area (Å²) in [5, 5.41) is 15.9. The number of amides is 1. The van der Waals surface area contributed by atoms with Crippen LogP contribution in [0.2, 0.25) is 0 Å². The van der Waals surface area contributed by atoms with Crippen molar-refractivity contribution in [1.82, 2.24) is 14.7 Å². The van der Waals surface area contributed by atoms with Crippen LogP contribution in [0.5, 0.6) is 0 Å². The molecule has 1 aromatic heterocycles. The third kappa shape index (κ3) is 3.66. The minimum absolute atomic E-state index is 0.0230. The lowest BCUT2D eigenvalue weighted by Gasteiger charge is -2.43. The molecule has 7 rings (SSSR count). The average Bonchev–Trinajstić information content (AvgIpc) is 3.64. The van der Waals surface area contributed by atoms with Crippen LogP contribution in [0.15, 0.2) is 91.3 Å². The van der Waals surface area contributed by atoms with Gasteiger partial charge in [-0.2, -0.15) is 5.10 Å². The largest absolute Gasteiger partial charge is 0.448 e. The van der Waals surface area contributed by atoms with Gasteiger partial charge in [-0.05, 0) is 58.9 Å². The molecule has 1 N–H and O–H groups in total. The first kappa shape index (κ1) is 22.3. The molecule has 2 atom stereocenters. The lowest BCUT2D eigenvalue weighted by atomic mass is 9.80. The topological polar surface area (TPSA) is 67.6 Å². The van der Waals surface area contributed by atoms with E-state index in [2.05, 4.69) is 41.5 Å². The minimum Gasteiger partial charge on any atom is -0.448 e. The van der Waals surface area contributed by atoms with Crippen LogP contribution in [-0.4, -0.2) is 44.6 Å². The molecule has 0 saturated carbocycles. The number of piperidine rings is 1. The molecule has 1 aliphatic carbocycles.